The summed E-state index contributed by atoms with van der Waals surface area (Å²) in [4.78, 5) is 0. The molecular weight excluding hydrogens is 251 g/mol. The van der Waals surface area contributed by atoms with Crippen molar-refractivity contribution in [1.29, 1.82) is 0 Å². The molecule has 3 rings (SSSR count). The van der Waals surface area contributed by atoms with Gasteiger partial charge in [0.2, 0.25) is 0 Å². The van der Waals surface area contributed by atoms with Crippen molar-refractivity contribution in [3.05, 3.63) is 70.0 Å². The molecule has 1 aliphatic carbocycles. The van der Waals surface area contributed by atoms with Crippen LogP contribution < -0.4 is 0 Å². The number of aliphatic hydroxyl groups is 1. The lowest BCUT2D eigenvalue weighted by Gasteiger charge is -2.16. The molecule has 0 radical (unpaired) electrons. The summed E-state index contributed by atoms with van der Waals surface area (Å²) in [6.07, 6.45) is 1.55. The third kappa shape index (κ3) is 2.48. The van der Waals surface area contributed by atoms with Gasteiger partial charge < -0.3 is 5.11 Å². The summed E-state index contributed by atoms with van der Waals surface area (Å²) in [6.45, 7) is 3.71. The van der Waals surface area contributed by atoms with Crippen molar-refractivity contribution < 1.29 is 9.50 Å². The lowest BCUT2D eigenvalue weighted by molar-refractivity contribution is 0.214. The first-order chi connectivity index (χ1) is 9.56. The van der Waals surface area contributed by atoms with Crippen molar-refractivity contribution in [1.82, 2.24) is 0 Å². The Balaban J connectivity index is 2.00. The Morgan fingerprint density at radius 1 is 1.15 bits per heavy atom. The maximum Gasteiger partial charge on any atom is 0.129 e. The van der Waals surface area contributed by atoms with Crippen LogP contribution in [0.2, 0.25) is 0 Å². The molecule has 0 heterocycles. The van der Waals surface area contributed by atoms with Crippen molar-refractivity contribution >= 4 is 0 Å². The smallest absolute Gasteiger partial charge is 0.129 e. The fourth-order valence-corrected chi connectivity index (χ4v) is 2.84. The van der Waals surface area contributed by atoms with Gasteiger partial charge >= 0.3 is 0 Å². The molecule has 0 bridgehead atoms. The minimum atomic E-state index is -0.894. The van der Waals surface area contributed by atoms with Gasteiger partial charge in [-0.15, -0.1) is 0 Å². The lowest BCUT2D eigenvalue weighted by Crippen LogP contribution is -2.06. The van der Waals surface area contributed by atoms with E-state index in [9.17, 15) is 9.50 Å². The number of aliphatic hydroxyl groups excluding tert-OH is 1. The van der Waals surface area contributed by atoms with E-state index < -0.39 is 6.10 Å². The third-order valence-corrected chi connectivity index (χ3v) is 4.03. The van der Waals surface area contributed by atoms with Crippen LogP contribution in [0.25, 0.3) is 0 Å². The highest BCUT2D eigenvalue weighted by molar-refractivity contribution is 5.40. The van der Waals surface area contributed by atoms with Gasteiger partial charge in [-0.2, -0.15) is 0 Å². The second-order valence-corrected chi connectivity index (χ2v) is 5.82. The molecule has 2 aromatic carbocycles. The molecule has 2 aromatic rings. The molecule has 1 saturated carbocycles. The summed E-state index contributed by atoms with van der Waals surface area (Å²) in [5, 5.41) is 10.5. The summed E-state index contributed by atoms with van der Waals surface area (Å²) in [5.74, 6) is 0.304. The van der Waals surface area contributed by atoms with Crippen molar-refractivity contribution in [2.45, 2.75) is 38.7 Å². The van der Waals surface area contributed by atoms with Gasteiger partial charge in [0.05, 0.1) is 0 Å². The van der Waals surface area contributed by atoms with E-state index in [1.165, 1.54) is 24.5 Å². The molecule has 1 nitrogen and oxygen atoms in total. The standard InChI is InChI=1S/C18H19FO/c1-11-8-12(2)17(16(19)9-11)18(20)15-5-3-4-14(10-15)13-6-7-13/h3-5,8-10,13,18,20H,6-7H2,1-2H3. The van der Waals surface area contributed by atoms with E-state index in [1.807, 2.05) is 38.1 Å². The fourth-order valence-electron chi connectivity index (χ4n) is 2.84. The van der Waals surface area contributed by atoms with E-state index in [2.05, 4.69) is 6.07 Å². The molecule has 0 aromatic heterocycles. The molecule has 1 N–H and O–H groups in total. The lowest BCUT2D eigenvalue weighted by atomic mass is 9.94. The largest absolute Gasteiger partial charge is 0.384 e. The number of rotatable bonds is 3. The van der Waals surface area contributed by atoms with E-state index >= 15 is 0 Å². The maximum absolute atomic E-state index is 14.2. The molecule has 1 aliphatic rings. The van der Waals surface area contributed by atoms with Crippen LogP contribution in [0.4, 0.5) is 4.39 Å². The second-order valence-electron chi connectivity index (χ2n) is 5.82. The summed E-state index contributed by atoms with van der Waals surface area (Å²) in [7, 11) is 0. The molecule has 0 spiro atoms. The zero-order chi connectivity index (χ0) is 14.3. The van der Waals surface area contributed by atoms with Gasteiger partial charge in [-0.05, 0) is 60.9 Å². The van der Waals surface area contributed by atoms with E-state index in [4.69, 9.17) is 0 Å². The Bertz CT molecular complexity index is 621. The van der Waals surface area contributed by atoms with Crippen LogP contribution in [0.5, 0.6) is 0 Å². The molecule has 0 aliphatic heterocycles. The minimum absolute atomic E-state index is 0.327. The van der Waals surface area contributed by atoms with Gasteiger partial charge in [-0.3, -0.25) is 0 Å². The predicted octanol–water partition coefficient (Wildman–Crippen LogP) is 4.40. The van der Waals surface area contributed by atoms with Crippen molar-refractivity contribution in [2.24, 2.45) is 0 Å². The van der Waals surface area contributed by atoms with Crippen LogP contribution in [0.15, 0.2) is 36.4 Å². The van der Waals surface area contributed by atoms with Gasteiger partial charge in [0.25, 0.3) is 0 Å². The summed E-state index contributed by atoms with van der Waals surface area (Å²) < 4.78 is 14.2. The number of halogens is 1. The SMILES string of the molecule is Cc1cc(C)c(C(O)c2cccc(C3CC3)c2)c(F)c1. The summed E-state index contributed by atoms with van der Waals surface area (Å²) in [5.41, 5.74) is 4.10. The van der Waals surface area contributed by atoms with Crippen LogP contribution in [-0.2, 0) is 0 Å². The average molecular weight is 270 g/mol. The quantitative estimate of drug-likeness (QED) is 0.876. The highest BCUT2D eigenvalue weighted by Crippen LogP contribution is 2.41. The van der Waals surface area contributed by atoms with Crippen LogP contribution in [0.1, 0.15) is 52.7 Å². The molecule has 20 heavy (non-hydrogen) atoms. The first-order valence-corrected chi connectivity index (χ1v) is 7.11. The maximum atomic E-state index is 14.2. The van der Waals surface area contributed by atoms with Crippen LogP contribution in [0.3, 0.4) is 0 Å². The van der Waals surface area contributed by atoms with Crippen LogP contribution in [-0.4, -0.2) is 5.11 Å². The average Bonchev–Trinajstić information content (AvgIpc) is 3.21. The monoisotopic (exact) mass is 270 g/mol. The van der Waals surface area contributed by atoms with Crippen molar-refractivity contribution in [2.75, 3.05) is 0 Å². The first-order valence-electron chi connectivity index (χ1n) is 7.11. The van der Waals surface area contributed by atoms with Gasteiger partial charge in [-0.25, -0.2) is 4.39 Å². The molecule has 2 heteroatoms. The number of hydrogen-bond acceptors (Lipinski definition) is 1. The number of aryl methyl sites for hydroxylation is 2. The topological polar surface area (TPSA) is 20.2 Å². The summed E-state index contributed by atoms with van der Waals surface area (Å²) >= 11 is 0. The zero-order valence-electron chi connectivity index (χ0n) is 11.9. The van der Waals surface area contributed by atoms with Gasteiger partial charge in [0.1, 0.15) is 11.9 Å². The van der Waals surface area contributed by atoms with Gasteiger partial charge in [-0.1, -0.05) is 30.3 Å². The molecule has 1 unspecified atom stereocenters. The predicted molar refractivity (Wildman–Crippen MR) is 78.4 cm³/mol. The van der Waals surface area contributed by atoms with E-state index in [1.54, 1.807) is 0 Å². The Kier molecular flexibility index (Phi) is 3.35. The molecule has 0 amide bonds. The molecule has 0 saturated heterocycles. The molecular formula is C18H19FO. The normalized spacial score (nSPS) is 16.2. The first kappa shape index (κ1) is 13.3. The number of benzene rings is 2. The Morgan fingerprint density at radius 2 is 1.90 bits per heavy atom. The van der Waals surface area contributed by atoms with Crippen molar-refractivity contribution in [3.63, 3.8) is 0 Å². The van der Waals surface area contributed by atoms with E-state index in [-0.39, 0.29) is 5.82 Å². The summed E-state index contributed by atoms with van der Waals surface area (Å²) in [6, 6.07) is 11.3. The van der Waals surface area contributed by atoms with E-state index in [0.717, 1.165) is 16.7 Å². The van der Waals surface area contributed by atoms with E-state index in [0.29, 0.717) is 11.5 Å². The van der Waals surface area contributed by atoms with Gasteiger partial charge in [0, 0.05) is 5.56 Å². The highest BCUT2D eigenvalue weighted by Gasteiger charge is 2.25. The number of hydrogen-bond donors (Lipinski definition) is 1. The second kappa shape index (κ2) is 5.02. The van der Waals surface area contributed by atoms with Crippen LogP contribution >= 0.6 is 0 Å². The highest BCUT2D eigenvalue weighted by atomic mass is 19.1. The molecule has 104 valence electrons. The Morgan fingerprint density at radius 3 is 2.55 bits per heavy atom. The van der Waals surface area contributed by atoms with Crippen molar-refractivity contribution in [3.8, 4) is 0 Å². The Hall–Kier alpha value is -1.67. The van der Waals surface area contributed by atoms with Gasteiger partial charge in [0.15, 0.2) is 0 Å². The molecule has 1 atom stereocenters. The fraction of sp³-hybridized carbons (Fsp3) is 0.333. The van der Waals surface area contributed by atoms with Crippen LogP contribution in [0, 0.1) is 19.7 Å². The third-order valence-electron chi connectivity index (χ3n) is 4.03. The minimum Gasteiger partial charge on any atom is -0.384 e. The zero-order valence-corrected chi connectivity index (χ0v) is 11.9. The molecule has 1 fully saturated rings. The Labute approximate surface area is 119 Å².